The van der Waals surface area contributed by atoms with Gasteiger partial charge >= 0.3 is 0 Å². The molecule has 0 unspecified atom stereocenters. The van der Waals surface area contributed by atoms with Gasteiger partial charge in [0.2, 0.25) is 5.91 Å². The average Bonchev–Trinajstić information content (AvgIpc) is 2.73. The fourth-order valence-corrected chi connectivity index (χ4v) is 2.33. The average molecular weight is 240 g/mol. The Morgan fingerprint density at radius 2 is 2.06 bits per heavy atom. The highest BCUT2D eigenvalue weighted by atomic mass is 32.1. The maximum atomic E-state index is 11.2. The van der Waals surface area contributed by atoms with Crippen LogP contribution < -0.4 is 10.6 Å². The molecule has 0 aliphatic carbocycles. The van der Waals surface area contributed by atoms with Gasteiger partial charge in [-0.2, -0.15) is 0 Å². The minimum atomic E-state index is 0.121. The van der Waals surface area contributed by atoms with E-state index in [0.29, 0.717) is 13.0 Å². The summed E-state index contributed by atoms with van der Waals surface area (Å²) in [5, 5.41) is 6.06. The summed E-state index contributed by atoms with van der Waals surface area (Å²) in [6.45, 7) is 6.42. The molecular formula is C12H20N2OS. The van der Waals surface area contributed by atoms with Crippen LogP contribution in [0.4, 0.5) is 0 Å². The van der Waals surface area contributed by atoms with E-state index < -0.39 is 0 Å². The molecule has 0 bridgehead atoms. The molecule has 0 aliphatic rings. The van der Waals surface area contributed by atoms with Gasteiger partial charge < -0.3 is 10.6 Å². The molecule has 1 aromatic heterocycles. The Morgan fingerprint density at radius 1 is 1.31 bits per heavy atom. The third kappa shape index (κ3) is 4.77. The van der Waals surface area contributed by atoms with E-state index in [9.17, 15) is 4.79 Å². The molecule has 1 aromatic rings. The van der Waals surface area contributed by atoms with Gasteiger partial charge in [0, 0.05) is 35.8 Å². The number of rotatable bonds is 7. The third-order valence-electron chi connectivity index (χ3n) is 2.27. The van der Waals surface area contributed by atoms with Crippen molar-refractivity contribution in [3.05, 3.63) is 21.9 Å². The molecule has 90 valence electrons. The van der Waals surface area contributed by atoms with Gasteiger partial charge in [-0.25, -0.2) is 0 Å². The topological polar surface area (TPSA) is 41.1 Å². The highest BCUT2D eigenvalue weighted by Gasteiger charge is 2.00. The first-order valence-corrected chi connectivity index (χ1v) is 6.63. The van der Waals surface area contributed by atoms with Gasteiger partial charge in [-0.05, 0) is 25.5 Å². The van der Waals surface area contributed by atoms with E-state index in [1.54, 1.807) is 0 Å². The van der Waals surface area contributed by atoms with Gasteiger partial charge in [-0.15, -0.1) is 11.3 Å². The van der Waals surface area contributed by atoms with Crippen LogP contribution in [0.15, 0.2) is 12.1 Å². The van der Waals surface area contributed by atoms with E-state index in [4.69, 9.17) is 0 Å². The molecule has 1 amide bonds. The molecule has 16 heavy (non-hydrogen) atoms. The maximum absolute atomic E-state index is 11.2. The zero-order valence-electron chi connectivity index (χ0n) is 10.0. The molecule has 0 aromatic carbocycles. The lowest BCUT2D eigenvalue weighted by atomic mass is 10.3. The largest absolute Gasteiger partial charge is 0.356 e. The molecule has 2 N–H and O–H groups in total. The van der Waals surface area contributed by atoms with Crippen molar-refractivity contribution >= 4 is 17.2 Å². The van der Waals surface area contributed by atoms with Crippen molar-refractivity contribution in [1.82, 2.24) is 10.6 Å². The normalized spacial score (nSPS) is 10.4. The van der Waals surface area contributed by atoms with Crippen molar-refractivity contribution in [1.29, 1.82) is 0 Å². The summed E-state index contributed by atoms with van der Waals surface area (Å²) >= 11 is 1.84. The number of nitrogens with one attached hydrogen (secondary N) is 2. The Morgan fingerprint density at radius 3 is 2.69 bits per heavy atom. The Bertz CT molecular complexity index is 323. The number of aryl methyl sites for hydroxylation is 1. The van der Waals surface area contributed by atoms with Crippen LogP contribution in [0.5, 0.6) is 0 Å². The van der Waals surface area contributed by atoms with Gasteiger partial charge in [0.05, 0.1) is 0 Å². The van der Waals surface area contributed by atoms with Gasteiger partial charge in [0.15, 0.2) is 0 Å². The summed E-state index contributed by atoms with van der Waals surface area (Å²) in [7, 11) is 0. The molecule has 0 saturated heterocycles. The second-order valence-corrected chi connectivity index (χ2v) is 4.85. The number of amides is 1. The number of hydrogen-bond acceptors (Lipinski definition) is 3. The summed E-state index contributed by atoms with van der Waals surface area (Å²) in [6, 6.07) is 4.33. The van der Waals surface area contributed by atoms with Crippen LogP contribution in [-0.4, -0.2) is 19.0 Å². The number of carbonyl (C=O) groups excluding carboxylic acids is 1. The van der Waals surface area contributed by atoms with Crippen molar-refractivity contribution < 1.29 is 4.79 Å². The molecule has 1 rings (SSSR count). The van der Waals surface area contributed by atoms with E-state index in [1.165, 1.54) is 9.75 Å². The van der Waals surface area contributed by atoms with Gasteiger partial charge in [-0.1, -0.05) is 6.92 Å². The standard InChI is InChI=1S/C12H20N2OS/c1-3-10-5-6-11(16-10)9-13-8-7-12(15)14-4-2/h5-6,13H,3-4,7-9H2,1-2H3,(H,14,15). The highest BCUT2D eigenvalue weighted by Crippen LogP contribution is 2.16. The van der Waals surface area contributed by atoms with Crippen molar-refractivity contribution in [2.45, 2.75) is 33.2 Å². The van der Waals surface area contributed by atoms with E-state index in [-0.39, 0.29) is 5.91 Å². The summed E-state index contributed by atoms with van der Waals surface area (Å²) in [4.78, 5) is 13.9. The SMILES string of the molecule is CCNC(=O)CCNCc1ccc(CC)s1. The lowest BCUT2D eigenvalue weighted by Gasteiger charge is -2.03. The zero-order chi connectivity index (χ0) is 11.8. The second-order valence-electron chi connectivity index (χ2n) is 3.60. The minimum Gasteiger partial charge on any atom is -0.356 e. The maximum Gasteiger partial charge on any atom is 0.221 e. The smallest absolute Gasteiger partial charge is 0.221 e. The van der Waals surface area contributed by atoms with Crippen molar-refractivity contribution in [2.75, 3.05) is 13.1 Å². The first-order valence-electron chi connectivity index (χ1n) is 5.81. The van der Waals surface area contributed by atoms with Crippen LogP contribution in [0.2, 0.25) is 0 Å². The lowest BCUT2D eigenvalue weighted by Crippen LogP contribution is -2.27. The van der Waals surface area contributed by atoms with Crippen LogP contribution in [0.25, 0.3) is 0 Å². The number of carbonyl (C=O) groups is 1. The predicted octanol–water partition coefficient (Wildman–Crippen LogP) is 1.93. The van der Waals surface area contributed by atoms with Crippen LogP contribution in [0, 0.1) is 0 Å². The fraction of sp³-hybridized carbons (Fsp3) is 0.583. The minimum absolute atomic E-state index is 0.121. The molecule has 0 atom stereocenters. The predicted molar refractivity (Wildman–Crippen MR) is 68.7 cm³/mol. The Labute approximate surface area is 101 Å². The van der Waals surface area contributed by atoms with Gasteiger partial charge in [0.25, 0.3) is 0 Å². The van der Waals surface area contributed by atoms with Gasteiger partial charge in [0.1, 0.15) is 0 Å². The van der Waals surface area contributed by atoms with E-state index in [2.05, 4.69) is 29.7 Å². The first-order chi connectivity index (χ1) is 7.76. The molecule has 0 radical (unpaired) electrons. The lowest BCUT2D eigenvalue weighted by molar-refractivity contribution is -0.120. The van der Waals surface area contributed by atoms with Crippen LogP contribution in [0.3, 0.4) is 0 Å². The van der Waals surface area contributed by atoms with E-state index >= 15 is 0 Å². The third-order valence-corrected chi connectivity index (χ3v) is 3.50. The second kappa shape index (κ2) is 7.41. The Hall–Kier alpha value is -0.870. The summed E-state index contributed by atoms with van der Waals surface area (Å²) in [5.74, 6) is 0.121. The van der Waals surface area contributed by atoms with Crippen LogP contribution >= 0.6 is 11.3 Å². The van der Waals surface area contributed by atoms with Crippen molar-refractivity contribution in [3.8, 4) is 0 Å². The van der Waals surface area contributed by atoms with Crippen molar-refractivity contribution in [2.24, 2.45) is 0 Å². The Kier molecular flexibility index (Phi) is 6.11. The summed E-state index contributed by atoms with van der Waals surface area (Å²) in [5.41, 5.74) is 0. The molecule has 0 aliphatic heterocycles. The molecule has 1 heterocycles. The van der Waals surface area contributed by atoms with E-state index in [0.717, 1.165) is 19.5 Å². The number of hydrogen-bond donors (Lipinski definition) is 2. The zero-order valence-corrected chi connectivity index (χ0v) is 10.8. The fourth-order valence-electron chi connectivity index (χ4n) is 1.41. The summed E-state index contributed by atoms with van der Waals surface area (Å²) < 4.78 is 0. The van der Waals surface area contributed by atoms with Crippen LogP contribution in [-0.2, 0) is 17.8 Å². The molecule has 3 nitrogen and oxygen atoms in total. The molecule has 4 heteroatoms. The highest BCUT2D eigenvalue weighted by molar-refractivity contribution is 7.11. The van der Waals surface area contributed by atoms with Gasteiger partial charge in [-0.3, -0.25) is 4.79 Å². The van der Waals surface area contributed by atoms with Crippen molar-refractivity contribution in [3.63, 3.8) is 0 Å². The first kappa shape index (κ1) is 13.2. The van der Waals surface area contributed by atoms with E-state index in [1.807, 2.05) is 18.3 Å². The molecule has 0 fully saturated rings. The number of thiophene rings is 1. The quantitative estimate of drug-likeness (QED) is 0.715. The monoisotopic (exact) mass is 240 g/mol. The molecule has 0 saturated carbocycles. The Balaban J connectivity index is 2.13. The summed E-state index contributed by atoms with van der Waals surface area (Å²) in [6.07, 6.45) is 1.66. The molecular weight excluding hydrogens is 220 g/mol. The molecule has 0 spiro atoms. The van der Waals surface area contributed by atoms with Crippen LogP contribution in [0.1, 0.15) is 30.0 Å².